The van der Waals surface area contributed by atoms with Gasteiger partial charge in [0.05, 0.1) is 5.39 Å². The van der Waals surface area contributed by atoms with Crippen LogP contribution < -0.4 is 10.6 Å². The average molecular weight is 304 g/mol. The van der Waals surface area contributed by atoms with Crippen LogP contribution in [-0.2, 0) is 4.79 Å². The number of carbonyl (C=O) groups excluding carboxylic acids is 1. The molecule has 1 fully saturated rings. The molecule has 1 aliphatic heterocycles. The van der Waals surface area contributed by atoms with Gasteiger partial charge in [0.2, 0.25) is 5.91 Å². The first-order valence-electron chi connectivity index (χ1n) is 7.26. The Morgan fingerprint density at radius 3 is 2.52 bits per heavy atom. The third-order valence-electron chi connectivity index (χ3n) is 4.32. The van der Waals surface area contributed by atoms with Crippen molar-refractivity contribution in [2.75, 3.05) is 18.0 Å². The van der Waals surface area contributed by atoms with Gasteiger partial charge >= 0.3 is 0 Å². The lowest BCUT2D eigenvalue weighted by Crippen LogP contribution is -2.39. The molecule has 1 amide bonds. The van der Waals surface area contributed by atoms with Crippen LogP contribution >= 0.6 is 11.3 Å². The van der Waals surface area contributed by atoms with Gasteiger partial charge in [0.15, 0.2) is 0 Å². The number of nitrogens with zero attached hydrogens (tertiary/aromatic N) is 3. The van der Waals surface area contributed by atoms with Crippen molar-refractivity contribution in [1.29, 1.82) is 0 Å². The van der Waals surface area contributed by atoms with E-state index >= 15 is 0 Å². The number of fused-ring (bicyclic) bond motifs is 1. The lowest BCUT2D eigenvalue weighted by atomic mass is 9.96. The van der Waals surface area contributed by atoms with Gasteiger partial charge in [0.25, 0.3) is 0 Å². The molecule has 2 aromatic heterocycles. The number of primary amides is 1. The lowest BCUT2D eigenvalue weighted by Gasteiger charge is -2.32. The van der Waals surface area contributed by atoms with E-state index in [1.54, 1.807) is 11.3 Å². The molecular formula is C15H20N4OS. The maximum Gasteiger partial charge on any atom is 0.220 e. The van der Waals surface area contributed by atoms with Crippen LogP contribution in [0.3, 0.4) is 0 Å². The number of piperidine rings is 1. The van der Waals surface area contributed by atoms with Crippen LogP contribution in [0.4, 0.5) is 5.82 Å². The Balaban J connectivity index is 1.99. The number of thiophene rings is 1. The highest BCUT2D eigenvalue weighted by Gasteiger charge is 2.26. The maximum absolute atomic E-state index is 11.3. The van der Waals surface area contributed by atoms with E-state index in [0.717, 1.165) is 42.4 Å². The van der Waals surface area contributed by atoms with Gasteiger partial charge in [-0.05, 0) is 39.2 Å². The lowest BCUT2D eigenvalue weighted by molar-refractivity contribution is -0.122. The molecule has 0 bridgehead atoms. The molecule has 2 N–H and O–H groups in total. The van der Waals surface area contributed by atoms with Gasteiger partial charge in [-0.25, -0.2) is 9.97 Å². The van der Waals surface area contributed by atoms with Crippen LogP contribution in [0.15, 0.2) is 0 Å². The van der Waals surface area contributed by atoms with Crippen molar-refractivity contribution in [2.45, 2.75) is 33.6 Å². The highest BCUT2D eigenvalue weighted by Crippen LogP contribution is 2.36. The molecule has 0 aromatic carbocycles. The third-order valence-corrected chi connectivity index (χ3v) is 5.42. The molecule has 0 atom stereocenters. The molecule has 0 aliphatic carbocycles. The normalized spacial score (nSPS) is 16.6. The minimum absolute atomic E-state index is 0.00461. The van der Waals surface area contributed by atoms with Crippen molar-refractivity contribution < 1.29 is 4.79 Å². The molecule has 3 heterocycles. The van der Waals surface area contributed by atoms with Crippen molar-refractivity contribution in [3.8, 4) is 0 Å². The van der Waals surface area contributed by atoms with Crippen molar-refractivity contribution in [3.05, 3.63) is 16.3 Å². The smallest absolute Gasteiger partial charge is 0.220 e. The van der Waals surface area contributed by atoms with Gasteiger partial charge in [-0.15, -0.1) is 11.3 Å². The number of aryl methyl sites for hydroxylation is 3. The number of anilines is 1. The summed E-state index contributed by atoms with van der Waals surface area (Å²) in [7, 11) is 0. The molecule has 112 valence electrons. The van der Waals surface area contributed by atoms with Crippen molar-refractivity contribution in [3.63, 3.8) is 0 Å². The summed E-state index contributed by atoms with van der Waals surface area (Å²) in [5.41, 5.74) is 6.68. The van der Waals surface area contributed by atoms with Crippen LogP contribution in [0.2, 0.25) is 0 Å². The molecule has 6 heteroatoms. The molecule has 3 rings (SSSR count). The molecule has 0 spiro atoms. The van der Waals surface area contributed by atoms with Gasteiger partial charge in [0, 0.05) is 23.9 Å². The fourth-order valence-corrected chi connectivity index (χ4v) is 4.01. The van der Waals surface area contributed by atoms with Crippen LogP contribution in [0.1, 0.15) is 29.1 Å². The molecule has 0 unspecified atom stereocenters. The van der Waals surface area contributed by atoms with Crippen molar-refractivity contribution >= 4 is 33.3 Å². The highest BCUT2D eigenvalue weighted by molar-refractivity contribution is 7.18. The minimum Gasteiger partial charge on any atom is -0.369 e. The Morgan fingerprint density at radius 1 is 1.24 bits per heavy atom. The zero-order valence-corrected chi connectivity index (χ0v) is 13.5. The van der Waals surface area contributed by atoms with Gasteiger partial charge in [-0.2, -0.15) is 0 Å². The van der Waals surface area contributed by atoms with Crippen LogP contribution in [-0.4, -0.2) is 29.0 Å². The summed E-state index contributed by atoms with van der Waals surface area (Å²) >= 11 is 1.72. The summed E-state index contributed by atoms with van der Waals surface area (Å²) in [6, 6.07) is 0. The van der Waals surface area contributed by atoms with Crippen molar-refractivity contribution in [1.82, 2.24) is 9.97 Å². The van der Waals surface area contributed by atoms with E-state index in [1.165, 1.54) is 15.8 Å². The van der Waals surface area contributed by atoms with Crippen LogP contribution in [0.25, 0.3) is 10.2 Å². The van der Waals surface area contributed by atoms with E-state index in [-0.39, 0.29) is 11.8 Å². The van der Waals surface area contributed by atoms with Crippen LogP contribution in [0, 0.1) is 26.7 Å². The summed E-state index contributed by atoms with van der Waals surface area (Å²) in [5, 5.41) is 1.17. The Hall–Kier alpha value is -1.69. The zero-order valence-electron chi connectivity index (χ0n) is 12.6. The monoisotopic (exact) mass is 304 g/mol. The second-order valence-electron chi connectivity index (χ2n) is 5.72. The van der Waals surface area contributed by atoms with E-state index in [9.17, 15) is 4.79 Å². The van der Waals surface area contributed by atoms with E-state index < -0.39 is 0 Å². The second kappa shape index (κ2) is 5.26. The van der Waals surface area contributed by atoms with Gasteiger partial charge in [-0.1, -0.05) is 0 Å². The number of hydrogen-bond acceptors (Lipinski definition) is 5. The van der Waals surface area contributed by atoms with E-state index in [1.807, 2.05) is 6.92 Å². The molecule has 1 aliphatic rings. The Kier molecular flexibility index (Phi) is 3.57. The SMILES string of the molecule is Cc1nc(N2CCC(C(N)=O)CC2)c2c(C)c(C)sc2n1. The number of carbonyl (C=O) groups is 1. The topological polar surface area (TPSA) is 72.1 Å². The molecule has 2 aromatic rings. The van der Waals surface area contributed by atoms with E-state index in [0.29, 0.717) is 0 Å². The summed E-state index contributed by atoms with van der Waals surface area (Å²) < 4.78 is 0. The van der Waals surface area contributed by atoms with E-state index in [2.05, 4.69) is 28.7 Å². The minimum atomic E-state index is -0.179. The second-order valence-corrected chi connectivity index (χ2v) is 6.92. The molecule has 21 heavy (non-hydrogen) atoms. The van der Waals surface area contributed by atoms with Gasteiger partial charge < -0.3 is 10.6 Å². The Morgan fingerprint density at radius 2 is 1.90 bits per heavy atom. The fraction of sp³-hybridized carbons (Fsp3) is 0.533. The molecule has 0 saturated carbocycles. The average Bonchev–Trinajstić information content (AvgIpc) is 2.73. The maximum atomic E-state index is 11.3. The molecule has 1 saturated heterocycles. The predicted octanol–water partition coefficient (Wildman–Crippen LogP) is 2.32. The largest absolute Gasteiger partial charge is 0.369 e. The number of amides is 1. The number of rotatable bonds is 2. The standard InChI is InChI=1S/C15H20N4OS/c1-8-9(2)21-15-12(8)14(17-10(3)18-15)19-6-4-11(5-7-19)13(16)20/h11H,4-7H2,1-3H3,(H2,16,20). The molecule has 0 radical (unpaired) electrons. The van der Waals surface area contributed by atoms with E-state index in [4.69, 9.17) is 5.73 Å². The number of nitrogens with two attached hydrogens (primary N) is 1. The number of hydrogen-bond donors (Lipinski definition) is 1. The fourth-order valence-electron chi connectivity index (χ4n) is 2.94. The quantitative estimate of drug-likeness (QED) is 0.924. The summed E-state index contributed by atoms with van der Waals surface area (Å²) in [6.45, 7) is 7.84. The predicted molar refractivity (Wildman–Crippen MR) is 85.8 cm³/mol. The number of aromatic nitrogens is 2. The van der Waals surface area contributed by atoms with Gasteiger partial charge in [0.1, 0.15) is 16.5 Å². The Bertz CT molecular complexity index is 701. The van der Waals surface area contributed by atoms with Gasteiger partial charge in [-0.3, -0.25) is 4.79 Å². The van der Waals surface area contributed by atoms with Crippen molar-refractivity contribution in [2.24, 2.45) is 11.7 Å². The summed E-state index contributed by atoms with van der Waals surface area (Å²) in [6.07, 6.45) is 1.62. The molecule has 5 nitrogen and oxygen atoms in total. The summed E-state index contributed by atoms with van der Waals surface area (Å²) in [4.78, 5) is 25.2. The summed E-state index contributed by atoms with van der Waals surface area (Å²) in [5.74, 6) is 1.64. The molecular weight excluding hydrogens is 284 g/mol. The highest BCUT2D eigenvalue weighted by atomic mass is 32.1. The zero-order chi connectivity index (χ0) is 15.1. The first-order chi connectivity index (χ1) is 9.97. The third kappa shape index (κ3) is 2.48. The first kappa shape index (κ1) is 14.3. The first-order valence-corrected chi connectivity index (χ1v) is 8.07. The Labute approximate surface area is 128 Å². The van der Waals surface area contributed by atoms with Crippen LogP contribution in [0.5, 0.6) is 0 Å².